The quantitative estimate of drug-likeness (QED) is 0.292. The number of hydrazone groups is 1. The second-order valence-electron chi connectivity index (χ2n) is 9.04. The fourth-order valence-electron chi connectivity index (χ4n) is 3.60. The van der Waals surface area contributed by atoms with Gasteiger partial charge in [0.05, 0.1) is 22.5 Å². The molecule has 0 aliphatic carbocycles. The van der Waals surface area contributed by atoms with Crippen LogP contribution in [0.1, 0.15) is 49.2 Å². The highest BCUT2D eigenvalue weighted by atomic mass is 19.1. The van der Waals surface area contributed by atoms with E-state index in [0.29, 0.717) is 22.5 Å². The van der Waals surface area contributed by atoms with Gasteiger partial charge in [-0.15, -0.1) is 0 Å². The Hall–Kier alpha value is -3.86. The Labute approximate surface area is 193 Å². The minimum Gasteiger partial charge on any atom is -0.267 e. The molecule has 1 N–H and O–H groups in total. The fraction of sp³-hybridized carbons (Fsp3) is 0.179. The summed E-state index contributed by atoms with van der Waals surface area (Å²) in [5.74, 6) is -0.652. The van der Waals surface area contributed by atoms with Crippen molar-refractivity contribution < 1.29 is 9.18 Å². The number of hydrogen-bond donors (Lipinski definition) is 1. The minimum atomic E-state index is -0.331. The molecule has 33 heavy (non-hydrogen) atoms. The van der Waals surface area contributed by atoms with Gasteiger partial charge in [-0.05, 0) is 59.9 Å². The number of aromatic nitrogens is 1. The highest BCUT2D eigenvalue weighted by molar-refractivity contribution is 6.08. The molecule has 1 amide bonds. The van der Waals surface area contributed by atoms with E-state index in [1.54, 1.807) is 18.2 Å². The number of amides is 1. The first-order chi connectivity index (χ1) is 15.7. The molecule has 0 aliphatic rings. The lowest BCUT2D eigenvalue weighted by Gasteiger charge is -2.19. The summed E-state index contributed by atoms with van der Waals surface area (Å²) in [4.78, 5) is 17.8. The lowest BCUT2D eigenvalue weighted by atomic mass is 9.86. The van der Waals surface area contributed by atoms with E-state index in [9.17, 15) is 9.18 Å². The van der Waals surface area contributed by atoms with Crippen molar-refractivity contribution in [1.29, 1.82) is 0 Å². The number of carbonyl (C=O) groups excluding carboxylic acids is 1. The van der Waals surface area contributed by atoms with Gasteiger partial charge in [0.15, 0.2) is 0 Å². The van der Waals surface area contributed by atoms with Gasteiger partial charge in [0.1, 0.15) is 5.82 Å². The number of nitrogens with one attached hydrogen (secondary N) is 1. The zero-order valence-electron chi connectivity index (χ0n) is 19.2. The van der Waals surface area contributed by atoms with Crippen molar-refractivity contribution in [2.45, 2.75) is 33.1 Å². The number of rotatable bonds is 4. The molecule has 1 heterocycles. The van der Waals surface area contributed by atoms with Crippen LogP contribution in [0.4, 0.5) is 4.39 Å². The normalized spacial score (nSPS) is 12.1. The SMILES string of the molecule is CC(=NNC(=O)c1cc(-c2ccc(F)cc2)nc2ccccc12)c1ccc(C(C)(C)C)cc1. The molecule has 4 nitrogen and oxygen atoms in total. The highest BCUT2D eigenvalue weighted by Crippen LogP contribution is 2.25. The molecule has 0 saturated heterocycles. The summed E-state index contributed by atoms with van der Waals surface area (Å²) in [6, 6.07) is 23.4. The lowest BCUT2D eigenvalue weighted by Crippen LogP contribution is -2.20. The number of halogens is 1. The van der Waals surface area contributed by atoms with Crippen LogP contribution in [0.5, 0.6) is 0 Å². The first kappa shape index (κ1) is 22.3. The standard InChI is InChI=1S/C28H26FN3O/c1-18(19-9-13-21(14-10-19)28(2,3)4)31-32-27(33)24-17-26(20-11-15-22(29)16-12-20)30-25-8-6-5-7-23(24)25/h5-17H,1-4H3,(H,32,33). The highest BCUT2D eigenvalue weighted by Gasteiger charge is 2.15. The number of carbonyl (C=O) groups is 1. The van der Waals surface area contributed by atoms with Crippen molar-refractivity contribution in [1.82, 2.24) is 10.4 Å². The van der Waals surface area contributed by atoms with Crippen LogP contribution in [0.3, 0.4) is 0 Å². The Morgan fingerprint density at radius 3 is 2.27 bits per heavy atom. The minimum absolute atomic E-state index is 0.0718. The van der Waals surface area contributed by atoms with Gasteiger partial charge in [0.25, 0.3) is 5.91 Å². The van der Waals surface area contributed by atoms with E-state index in [-0.39, 0.29) is 17.1 Å². The molecule has 0 aliphatic heterocycles. The molecule has 0 radical (unpaired) electrons. The van der Waals surface area contributed by atoms with Gasteiger partial charge in [-0.1, -0.05) is 63.2 Å². The lowest BCUT2D eigenvalue weighted by molar-refractivity contribution is 0.0956. The molecule has 166 valence electrons. The summed E-state index contributed by atoms with van der Waals surface area (Å²) < 4.78 is 13.4. The first-order valence-electron chi connectivity index (χ1n) is 10.8. The Morgan fingerprint density at radius 1 is 0.939 bits per heavy atom. The average molecular weight is 440 g/mol. The molecule has 0 fully saturated rings. The molecule has 0 spiro atoms. The number of fused-ring (bicyclic) bond motifs is 1. The molecule has 0 atom stereocenters. The molecular weight excluding hydrogens is 413 g/mol. The summed E-state index contributed by atoms with van der Waals surface area (Å²) in [6.45, 7) is 8.37. The van der Waals surface area contributed by atoms with E-state index in [0.717, 1.165) is 16.5 Å². The number of hydrogen-bond acceptors (Lipinski definition) is 3. The third-order valence-corrected chi connectivity index (χ3v) is 5.59. The van der Waals surface area contributed by atoms with Crippen molar-refractivity contribution in [2.75, 3.05) is 0 Å². The van der Waals surface area contributed by atoms with E-state index < -0.39 is 0 Å². The average Bonchev–Trinajstić information content (AvgIpc) is 2.81. The number of benzene rings is 3. The number of para-hydroxylation sites is 1. The van der Waals surface area contributed by atoms with E-state index in [1.807, 2.05) is 43.3 Å². The molecule has 5 heteroatoms. The topological polar surface area (TPSA) is 54.4 Å². The van der Waals surface area contributed by atoms with Gasteiger partial charge in [-0.25, -0.2) is 14.8 Å². The predicted molar refractivity (Wildman–Crippen MR) is 132 cm³/mol. The van der Waals surface area contributed by atoms with Crippen molar-refractivity contribution in [3.63, 3.8) is 0 Å². The zero-order chi connectivity index (χ0) is 23.6. The maximum Gasteiger partial charge on any atom is 0.272 e. The second kappa shape index (κ2) is 8.94. The molecule has 0 bridgehead atoms. The van der Waals surface area contributed by atoms with Crippen LogP contribution in [-0.4, -0.2) is 16.6 Å². The fourth-order valence-corrected chi connectivity index (χ4v) is 3.60. The predicted octanol–water partition coefficient (Wildman–Crippen LogP) is 6.49. The molecule has 4 aromatic rings. The Morgan fingerprint density at radius 2 is 1.61 bits per heavy atom. The van der Waals surface area contributed by atoms with Crippen LogP contribution in [0.15, 0.2) is 84.0 Å². The monoisotopic (exact) mass is 439 g/mol. The van der Waals surface area contributed by atoms with Crippen LogP contribution in [-0.2, 0) is 5.41 Å². The Bertz CT molecular complexity index is 1330. The van der Waals surface area contributed by atoms with Crippen molar-refractivity contribution in [3.8, 4) is 11.3 Å². The molecule has 1 aromatic heterocycles. The smallest absolute Gasteiger partial charge is 0.267 e. The zero-order valence-corrected chi connectivity index (χ0v) is 19.2. The van der Waals surface area contributed by atoms with E-state index in [4.69, 9.17) is 0 Å². The van der Waals surface area contributed by atoms with Crippen LogP contribution >= 0.6 is 0 Å². The van der Waals surface area contributed by atoms with Crippen molar-refractivity contribution >= 4 is 22.5 Å². The van der Waals surface area contributed by atoms with Gasteiger partial charge >= 0.3 is 0 Å². The Balaban J connectivity index is 1.64. The summed E-state index contributed by atoms with van der Waals surface area (Å²) in [5.41, 5.74) is 8.11. The largest absolute Gasteiger partial charge is 0.272 e. The summed E-state index contributed by atoms with van der Waals surface area (Å²) in [6.07, 6.45) is 0. The molecule has 0 saturated carbocycles. The van der Waals surface area contributed by atoms with Gasteiger partial charge in [-0.3, -0.25) is 4.79 Å². The maximum absolute atomic E-state index is 13.4. The number of pyridine rings is 1. The third kappa shape index (κ3) is 4.98. The molecule has 4 rings (SSSR count). The van der Waals surface area contributed by atoms with Gasteiger partial charge < -0.3 is 0 Å². The van der Waals surface area contributed by atoms with Gasteiger partial charge in [-0.2, -0.15) is 5.10 Å². The van der Waals surface area contributed by atoms with E-state index in [1.165, 1.54) is 17.7 Å². The second-order valence-corrected chi connectivity index (χ2v) is 9.04. The first-order valence-corrected chi connectivity index (χ1v) is 10.8. The summed E-state index contributed by atoms with van der Waals surface area (Å²) in [5, 5.41) is 5.06. The summed E-state index contributed by atoms with van der Waals surface area (Å²) in [7, 11) is 0. The van der Waals surface area contributed by atoms with E-state index in [2.05, 4.69) is 48.4 Å². The third-order valence-electron chi connectivity index (χ3n) is 5.59. The van der Waals surface area contributed by atoms with Crippen LogP contribution in [0, 0.1) is 5.82 Å². The molecule has 0 unspecified atom stereocenters. The Kier molecular flexibility index (Phi) is 6.05. The molecule has 3 aromatic carbocycles. The molecular formula is C28H26FN3O. The van der Waals surface area contributed by atoms with Crippen molar-refractivity contribution in [3.05, 3.63) is 101 Å². The maximum atomic E-state index is 13.4. The van der Waals surface area contributed by atoms with Crippen LogP contribution in [0.25, 0.3) is 22.2 Å². The van der Waals surface area contributed by atoms with Crippen LogP contribution in [0.2, 0.25) is 0 Å². The van der Waals surface area contributed by atoms with E-state index >= 15 is 0 Å². The van der Waals surface area contributed by atoms with Crippen LogP contribution < -0.4 is 5.43 Å². The number of nitrogens with zero attached hydrogens (tertiary/aromatic N) is 2. The van der Waals surface area contributed by atoms with Crippen molar-refractivity contribution in [2.24, 2.45) is 5.10 Å². The van der Waals surface area contributed by atoms with Gasteiger partial charge in [0.2, 0.25) is 0 Å². The summed E-state index contributed by atoms with van der Waals surface area (Å²) >= 11 is 0. The van der Waals surface area contributed by atoms with Gasteiger partial charge in [0, 0.05) is 10.9 Å².